The van der Waals surface area contributed by atoms with E-state index in [1.165, 1.54) is 0 Å². The molecule has 0 bridgehead atoms. The maximum absolute atomic E-state index is 11.7. The molecule has 0 saturated carbocycles. The standard InChI is InChI=1S/C19H16N4O2/c24-19(25)18-15(8-9-17-20-11-13-22(17)18)7-6-14-4-1-2-5-16(14)23-12-3-10-21-23/h1-5,8-13H,6-7H2,(H,24,25). The summed E-state index contributed by atoms with van der Waals surface area (Å²) in [6, 6.07) is 13.6. The monoisotopic (exact) mass is 332 g/mol. The lowest BCUT2D eigenvalue weighted by atomic mass is 10.0. The molecule has 3 heterocycles. The third-order valence-corrected chi connectivity index (χ3v) is 4.26. The van der Waals surface area contributed by atoms with Crippen molar-refractivity contribution in [2.45, 2.75) is 12.8 Å². The molecule has 25 heavy (non-hydrogen) atoms. The molecular weight excluding hydrogens is 316 g/mol. The zero-order valence-corrected chi connectivity index (χ0v) is 13.4. The van der Waals surface area contributed by atoms with Crippen molar-refractivity contribution >= 4 is 11.6 Å². The lowest BCUT2D eigenvalue weighted by Crippen LogP contribution is -2.10. The Kier molecular flexibility index (Phi) is 3.78. The molecule has 4 aromatic rings. The molecule has 0 atom stereocenters. The summed E-state index contributed by atoms with van der Waals surface area (Å²) in [4.78, 5) is 15.9. The normalized spacial score (nSPS) is 11.0. The van der Waals surface area contributed by atoms with Crippen LogP contribution in [0, 0.1) is 0 Å². The summed E-state index contributed by atoms with van der Waals surface area (Å²) in [6.07, 6.45) is 8.27. The van der Waals surface area contributed by atoms with Crippen LogP contribution in [-0.4, -0.2) is 30.2 Å². The smallest absolute Gasteiger partial charge is 0.353 e. The van der Waals surface area contributed by atoms with Gasteiger partial charge >= 0.3 is 5.97 Å². The van der Waals surface area contributed by atoms with Crippen LogP contribution in [0.4, 0.5) is 0 Å². The molecule has 0 aliphatic rings. The van der Waals surface area contributed by atoms with Gasteiger partial charge in [0.1, 0.15) is 11.3 Å². The van der Waals surface area contributed by atoms with E-state index in [1.54, 1.807) is 23.0 Å². The van der Waals surface area contributed by atoms with E-state index in [-0.39, 0.29) is 5.69 Å². The van der Waals surface area contributed by atoms with Gasteiger partial charge in [-0.25, -0.2) is 14.5 Å². The Morgan fingerprint density at radius 1 is 0.960 bits per heavy atom. The number of carboxylic acids is 1. The van der Waals surface area contributed by atoms with Crippen molar-refractivity contribution in [3.63, 3.8) is 0 Å². The summed E-state index contributed by atoms with van der Waals surface area (Å²) in [6.45, 7) is 0. The first kappa shape index (κ1) is 15.1. The van der Waals surface area contributed by atoms with Crippen molar-refractivity contribution in [2.75, 3.05) is 0 Å². The highest BCUT2D eigenvalue weighted by Gasteiger charge is 2.15. The molecule has 6 nitrogen and oxygen atoms in total. The van der Waals surface area contributed by atoms with Crippen LogP contribution in [0.3, 0.4) is 0 Å². The third-order valence-electron chi connectivity index (χ3n) is 4.26. The number of aromatic nitrogens is 4. The second-order valence-corrected chi connectivity index (χ2v) is 5.75. The lowest BCUT2D eigenvalue weighted by Gasteiger charge is -2.12. The van der Waals surface area contributed by atoms with Crippen LogP contribution >= 0.6 is 0 Å². The Morgan fingerprint density at radius 2 is 1.80 bits per heavy atom. The van der Waals surface area contributed by atoms with Gasteiger partial charge in [0.05, 0.1) is 5.69 Å². The van der Waals surface area contributed by atoms with E-state index in [2.05, 4.69) is 10.1 Å². The van der Waals surface area contributed by atoms with Crippen molar-refractivity contribution in [1.82, 2.24) is 19.2 Å². The molecule has 0 radical (unpaired) electrons. The Balaban J connectivity index is 1.68. The van der Waals surface area contributed by atoms with Crippen LogP contribution in [-0.2, 0) is 12.8 Å². The van der Waals surface area contributed by atoms with Crippen molar-refractivity contribution in [1.29, 1.82) is 0 Å². The average molecular weight is 332 g/mol. The van der Waals surface area contributed by atoms with E-state index in [9.17, 15) is 9.90 Å². The Morgan fingerprint density at radius 3 is 2.60 bits per heavy atom. The highest BCUT2D eigenvalue weighted by Crippen LogP contribution is 2.19. The summed E-state index contributed by atoms with van der Waals surface area (Å²) >= 11 is 0. The van der Waals surface area contributed by atoms with E-state index >= 15 is 0 Å². The first-order valence-electron chi connectivity index (χ1n) is 8.00. The van der Waals surface area contributed by atoms with Crippen molar-refractivity contribution in [3.8, 4) is 5.69 Å². The number of aryl methyl sites for hydroxylation is 2. The minimum absolute atomic E-state index is 0.270. The van der Waals surface area contributed by atoms with E-state index in [1.807, 2.05) is 53.3 Å². The van der Waals surface area contributed by atoms with Gasteiger partial charge in [-0.2, -0.15) is 5.10 Å². The van der Waals surface area contributed by atoms with Crippen molar-refractivity contribution in [3.05, 3.63) is 84.1 Å². The first-order chi connectivity index (χ1) is 12.2. The Bertz CT molecular complexity index is 1030. The maximum Gasteiger partial charge on any atom is 0.353 e. The molecular formula is C19H16N4O2. The molecule has 3 aromatic heterocycles. The number of hydrogen-bond donors (Lipinski definition) is 1. The van der Waals surface area contributed by atoms with Crippen LogP contribution in [0.25, 0.3) is 11.3 Å². The molecule has 1 aromatic carbocycles. The molecule has 124 valence electrons. The summed E-state index contributed by atoms with van der Waals surface area (Å²) in [7, 11) is 0. The number of nitrogens with zero attached hydrogens (tertiary/aromatic N) is 4. The number of rotatable bonds is 5. The van der Waals surface area contributed by atoms with Crippen LogP contribution in [0.1, 0.15) is 21.6 Å². The quantitative estimate of drug-likeness (QED) is 0.610. The Hall–Kier alpha value is -3.41. The number of carboxylic acid groups (broad SMARTS) is 1. The molecule has 0 spiro atoms. The minimum atomic E-state index is -0.945. The number of imidazole rings is 1. The van der Waals surface area contributed by atoms with E-state index in [0.29, 0.717) is 12.1 Å². The van der Waals surface area contributed by atoms with Gasteiger partial charge in [0.25, 0.3) is 0 Å². The Labute approximate surface area is 144 Å². The van der Waals surface area contributed by atoms with Gasteiger partial charge in [-0.1, -0.05) is 24.3 Å². The molecule has 6 heteroatoms. The highest BCUT2D eigenvalue weighted by atomic mass is 16.4. The number of para-hydroxylation sites is 1. The predicted octanol–water partition coefficient (Wildman–Crippen LogP) is 3.00. The highest BCUT2D eigenvalue weighted by molar-refractivity contribution is 5.88. The first-order valence-corrected chi connectivity index (χ1v) is 8.00. The molecule has 0 aliphatic heterocycles. The van der Waals surface area contributed by atoms with Crippen molar-refractivity contribution < 1.29 is 9.90 Å². The predicted molar refractivity (Wildman–Crippen MR) is 93.1 cm³/mol. The fourth-order valence-electron chi connectivity index (χ4n) is 3.10. The largest absolute Gasteiger partial charge is 0.477 e. The van der Waals surface area contributed by atoms with E-state index in [4.69, 9.17) is 0 Å². The third kappa shape index (κ3) is 2.78. The van der Waals surface area contributed by atoms with Gasteiger partial charge in [-0.05, 0) is 42.2 Å². The van der Waals surface area contributed by atoms with Gasteiger partial charge < -0.3 is 5.11 Å². The molecule has 1 N–H and O–H groups in total. The zero-order valence-electron chi connectivity index (χ0n) is 13.4. The van der Waals surface area contributed by atoms with Crippen LogP contribution in [0.2, 0.25) is 0 Å². The molecule has 0 aliphatic carbocycles. The number of hydrogen-bond acceptors (Lipinski definition) is 3. The lowest BCUT2D eigenvalue weighted by molar-refractivity contribution is 0.0687. The second kappa shape index (κ2) is 6.24. The van der Waals surface area contributed by atoms with Gasteiger partial charge in [0, 0.05) is 24.8 Å². The average Bonchev–Trinajstić information content (AvgIpc) is 3.30. The van der Waals surface area contributed by atoms with Crippen LogP contribution < -0.4 is 0 Å². The van der Waals surface area contributed by atoms with Gasteiger partial charge in [-0.3, -0.25) is 4.40 Å². The molecule has 4 rings (SSSR count). The number of fused-ring (bicyclic) bond motifs is 1. The fraction of sp³-hybridized carbons (Fsp3) is 0.105. The van der Waals surface area contributed by atoms with Crippen LogP contribution in [0.5, 0.6) is 0 Å². The van der Waals surface area contributed by atoms with Crippen molar-refractivity contribution in [2.24, 2.45) is 0 Å². The van der Waals surface area contributed by atoms with E-state index in [0.717, 1.165) is 23.2 Å². The number of pyridine rings is 1. The van der Waals surface area contributed by atoms with Gasteiger partial charge in [0.15, 0.2) is 0 Å². The summed E-state index contributed by atoms with van der Waals surface area (Å²) in [5.41, 5.74) is 3.82. The van der Waals surface area contributed by atoms with Crippen LogP contribution in [0.15, 0.2) is 67.3 Å². The number of aromatic carboxylic acids is 1. The van der Waals surface area contributed by atoms with Gasteiger partial charge in [0.2, 0.25) is 0 Å². The number of benzene rings is 1. The number of carbonyl (C=O) groups is 1. The summed E-state index contributed by atoms with van der Waals surface area (Å²) < 4.78 is 3.45. The molecule has 0 unspecified atom stereocenters. The maximum atomic E-state index is 11.7. The topological polar surface area (TPSA) is 72.4 Å². The summed E-state index contributed by atoms with van der Waals surface area (Å²) in [5.74, 6) is -0.945. The molecule has 0 saturated heterocycles. The second-order valence-electron chi connectivity index (χ2n) is 5.75. The van der Waals surface area contributed by atoms with Gasteiger partial charge in [-0.15, -0.1) is 0 Å². The SMILES string of the molecule is O=C(O)c1c(CCc2ccccc2-n2cccn2)ccc2nccn12. The van der Waals surface area contributed by atoms with E-state index < -0.39 is 5.97 Å². The zero-order chi connectivity index (χ0) is 17.2. The summed E-state index contributed by atoms with van der Waals surface area (Å²) in [5, 5.41) is 13.9. The fourth-order valence-corrected chi connectivity index (χ4v) is 3.10. The molecule has 0 amide bonds. The molecule has 0 fully saturated rings. The minimum Gasteiger partial charge on any atom is -0.477 e.